The van der Waals surface area contributed by atoms with Crippen LogP contribution in [0.2, 0.25) is 5.02 Å². The largest absolute Gasteiger partial charge is 0.506 e. The predicted molar refractivity (Wildman–Crippen MR) is 105 cm³/mol. The van der Waals surface area contributed by atoms with E-state index >= 15 is 0 Å². The first kappa shape index (κ1) is 18.3. The van der Waals surface area contributed by atoms with Gasteiger partial charge in [0.15, 0.2) is 0 Å². The molecular formula is C21H23ClN2O3. The number of carbonyl (C=O) groups excluding carboxylic acids is 1. The topological polar surface area (TPSA) is 61.8 Å². The minimum absolute atomic E-state index is 0.0306. The zero-order chi connectivity index (χ0) is 19.0. The van der Waals surface area contributed by atoms with Gasteiger partial charge < -0.3 is 15.2 Å². The Morgan fingerprint density at radius 3 is 2.85 bits per heavy atom. The normalized spacial score (nSPS) is 25.2. The third kappa shape index (κ3) is 3.95. The summed E-state index contributed by atoms with van der Waals surface area (Å²) < 4.78 is 5.73. The Labute approximate surface area is 163 Å². The maximum atomic E-state index is 12.7. The Bertz CT molecular complexity index is 857. The smallest absolute Gasteiger partial charge is 0.251 e. The quantitative estimate of drug-likeness (QED) is 0.849. The van der Waals surface area contributed by atoms with Gasteiger partial charge in [-0.15, -0.1) is 0 Å². The van der Waals surface area contributed by atoms with Crippen molar-refractivity contribution in [2.45, 2.75) is 31.5 Å². The Morgan fingerprint density at radius 2 is 2.04 bits per heavy atom. The second kappa shape index (κ2) is 7.50. The van der Waals surface area contributed by atoms with Crippen LogP contribution in [0, 0.1) is 0 Å². The number of phenols is 1. The predicted octanol–water partition coefficient (Wildman–Crippen LogP) is 3.30. The van der Waals surface area contributed by atoms with Gasteiger partial charge in [0.25, 0.3) is 5.91 Å². The number of aromatic hydroxyl groups is 1. The van der Waals surface area contributed by atoms with Crippen LogP contribution in [-0.4, -0.2) is 53.8 Å². The molecule has 0 bridgehead atoms. The van der Waals surface area contributed by atoms with Gasteiger partial charge in [-0.1, -0.05) is 29.8 Å². The highest BCUT2D eigenvalue weighted by molar-refractivity contribution is 6.32. The monoisotopic (exact) mass is 386 g/mol. The van der Waals surface area contributed by atoms with E-state index in [0.717, 1.165) is 37.2 Å². The lowest BCUT2D eigenvalue weighted by atomic mass is 10.0. The number of ether oxygens (including phenoxy) is 1. The summed E-state index contributed by atoms with van der Waals surface area (Å²) in [6.45, 7) is 4.62. The molecule has 27 heavy (non-hydrogen) atoms. The summed E-state index contributed by atoms with van der Waals surface area (Å²) in [5.41, 5.74) is 2.28. The number of rotatable bonds is 3. The second-order valence-electron chi connectivity index (χ2n) is 7.40. The number of nitrogens with one attached hydrogen (secondary N) is 1. The van der Waals surface area contributed by atoms with E-state index in [-0.39, 0.29) is 23.8 Å². The molecule has 3 atom stereocenters. The third-order valence-electron chi connectivity index (χ3n) is 5.33. The molecule has 0 spiro atoms. The van der Waals surface area contributed by atoms with Crippen LogP contribution < -0.4 is 5.32 Å². The van der Waals surface area contributed by atoms with Crippen molar-refractivity contribution >= 4 is 17.5 Å². The molecule has 5 nitrogen and oxygen atoms in total. The lowest BCUT2D eigenvalue weighted by Crippen LogP contribution is -2.45. The van der Waals surface area contributed by atoms with Gasteiger partial charge in [-0.05, 0) is 48.7 Å². The van der Waals surface area contributed by atoms with Crippen LogP contribution in [0.4, 0.5) is 0 Å². The number of carbonyl (C=O) groups is 1. The number of amides is 1. The minimum Gasteiger partial charge on any atom is -0.506 e. The summed E-state index contributed by atoms with van der Waals surface area (Å²) in [7, 11) is 0. The van der Waals surface area contributed by atoms with Gasteiger partial charge >= 0.3 is 0 Å². The van der Waals surface area contributed by atoms with E-state index in [1.165, 1.54) is 0 Å². The molecule has 2 aromatic rings. The highest BCUT2D eigenvalue weighted by atomic mass is 35.5. The van der Waals surface area contributed by atoms with Crippen molar-refractivity contribution in [1.82, 2.24) is 10.2 Å². The molecule has 2 saturated heterocycles. The maximum Gasteiger partial charge on any atom is 0.251 e. The van der Waals surface area contributed by atoms with E-state index in [2.05, 4.69) is 17.1 Å². The second-order valence-corrected chi connectivity index (χ2v) is 7.81. The van der Waals surface area contributed by atoms with Crippen LogP contribution in [0.25, 0.3) is 11.1 Å². The van der Waals surface area contributed by atoms with Gasteiger partial charge in [-0.2, -0.15) is 0 Å². The molecule has 2 heterocycles. The van der Waals surface area contributed by atoms with Crippen molar-refractivity contribution in [3.8, 4) is 16.9 Å². The summed E-state index contributed by atoms with van der Waals surface area (Å²) in [4.78, 5) is 15.2. The number of nitrogens with zero attached hydrogens (tertiary/aromatic N) is 1. The molecule has 0 aromatic heterocycles. The molecule has 0 radical (unpaired) electrons. The molecule has 2 aliphatic rings. The van der Waals surface area contributed by atoms with Crippen molar-refractivity contribution in [3.05, 3.63) is 53.1 Å². The SMILES string of the molecule is C[C@@H]1CN2C[C@H](NC(=O)c3cccc(-c4ccc(Cl)c(O)c4)c3)C[C@H]2CO1. The van der Waals surface area contributed by atoms with Gasteiger partial charge in [0.2, 0.25) is 0 Å². The number of benzene rings is 2. The highest BCUT2D eigenvalue weighted by Crippen LogP contribution is 2.30. The fraction of sp³-hybridized carbons (Fsp3) is 0.381. The van der Waals surface area contributed by atoms with E-state index in [0.29, 0.717) is 16.6 Å². The molecule has 4 rings (SSSR count). The number of phenolic OH excluding ortho intramolecular Hbond substituents is 1. The molecule has 142 valence electrons. The van der Waals surface area contributed by atoms with Crippen LogP contribution in [-0.2, 0) is 4.74 Å². The van der Waals surface area contributed by atoms with Gasteiger partial charge in [0.05, 0.1) is 17.7 Å². The van der Waals surface area contributed by atoms with Crippen molar-refractivity contribution in [2.24, 2.45) is 0 Å². The summed E-state index contributed by atoms with van der Waals surface area (Å²) >= 11 is 5.88. The standard InChI is InChI=1S/C21H23ClN2O3/c1-13-10-24-11-17(9-18(24)12-27-13)23-21(26)16-4-2-3-14(7-16)15-5-6-19(22)20(25)8-15/h2-8,13,17-18,25H,9-12H2,1H3,(H,23,26)/t13-,17-,18+/m1/s1. The number of halogens is 1. The summed E-state index contributed by atoms with van der Waals surface area (Å²) in [5, 5.41) is 13.3. The zero-order valence-corrected chi connectivity index (χ0v) is 15.9. The zero-order valence-electron chi connectivity index (χ0n) is 15.2. The van der Waals surface area contributed by atoms with Crippen molar-refractivity contribution < 1.29 is 14.6 Å². The van der Waals surface area contributed by atoms with E-state index < -0.39 is 0 Å². The Kier molecular flexibility index (Phi) is 5.08. The van der Waals surface area contributed by atoms with E-state index in [4.69, 9.17) is 16.3 Å². The molecule has 0 saturated carbocycles. The number of hydrogen-bond acceptors (Lipinski definition) is 4. The number of fused-ring (bicyclic) bond motifs is 1. The molecule has 2 aromatic carbocycles. The fourth-order valence-electron chi connectivity index (χ4n) is 3.95. The van der Waals surface area contributed by atoms with Crippen LogP contribution >= 0.6 is 11.6 Å². The first-order chi connectivity index (χ1) is 13.0. The average molecular weight is 387 g/mol. The summed E-state index contributed by atoms with van der Waals surface area (Å²) in [6.07, 6.45) is 1.17. The summed E-state index contributed by atoms with van der Waals surface area (Å²) in [5.74, 6) is -0.0445. The van der Waals surface area contributed by atoms with Gasteiger partial charge in [0.1, 0.15) is 5.75 Å². The van der Waals surface area contributed by atoms with Crippen LogP contribution in [0.3, 0.4) is 0 Å². The van der Waals surface area contributed by atoms with E-state index in [9.17, 15) is 9.90 Å². The third-order valence-corrected chi connectivity index (χ3v) is 5.65. The fourth-order valence-corrected chi connectivity index (χ4v) is 4.06. The first-order valence-electron chi connectivity index (χ1n) is 9.25. The highest BCUT2D eigenvalue weighted by Gasteiger charge is 2.36. The Morgan fingerprint density at radius 1 is 1.22 bits per heavy atom. The molecule has 6 heteroatoms. The minimum atomic E-state index is -0.0751. The van der Waals surface area contributed by atoms with Gasteiger partial charge in [-0.25, -0.2) is 0 Å². The van der Waals surface area contributed by atoms with E-state index in [1.54, 1.807) is 12.1 Å². The molecule has 2 N–H and O–H groups in total. The van der Waals surface area contributed by atoms with Crippen LogP contribution in [0.15, 0.2) is 42.5 Å². The molecule has 2 fully saturated rings. The van der Waals surface area contributed by atoms with Gasteiger partial charge in [0, 0.05) is 30.7 Å². The maximum absolute atomic E-state index is 12.7. The Balaban J connectivity index is 1.46. The lowest BCUT2D eigenvalue weighted by molar-refractivity contribution is -0.0390. The lowest BCUT2D eigenvalue weighted by Gasteiger charge is -2.33. The molecule has 1 amide bonds. The first-order valence-corrected chi connectivity index (χ1v) is 9.63. The van der Waals surface area contributed by atoms with Crippen LogP contribution in [0.1, 0.15) is 23.7 Å². The molecular weight excluding hydrogens is 364 g/mol. The summed E-state index contributed by atoms with van der Waals surface area (Å²) in [6, 6.07) is 13.0. The van der Waals surface area contributed by atoms with Crippen LogP contribution in [0.5, 0.6) is 5.75 Å². The molecule has 0 aliphatic carbocycles. The van der Waals surface area contributed by atoms with Crippen molar-refractivity contribution in [3.63, 3.8) is 0 Å². The molecule has 0 unspecified atom stereocenters. The van der Waals surface area contributed by atoms with Crippen molar-refractivity contribution in [2.75, 3.05) is 19.7 Å². The number of morpholine rings is 1. The Hall–Kier alpha value is -2.08. The van der Waals surface area contributed by atoms with E-state index in [1.807, 2.05) is 30.3 Å². The van der Waals surface area contributed by atoms with Gasteiger partial charge in [-0.3, -0.25) is 9.69 Å². The molecule has 2 aliphatic heterocycles. The average Bonchev–Trinajstić information content (AvgIpc) is 3.05. The number of hydrogen-bond donors (Lipinski definition) is 2. The van der Waals surface area contributed by atoms with Crippen molar-refractivity contribution in [1.29, 1.82) is 0 Å².